The largest absolute Gasteiger partial charge is 0.386 e. The van der Waals surface area contributed by atoms with Crippen molar-refractivity contribution in [1.82, 2.24) is 4.57 Å². The van der Waals surface area contributed by atoms with Gasteiger partial charge in [-0.2, -0.15) is 0 Å². The topological polar surface area (TPSA) is 42.2 Å². The van der Waals surface area contributed by atoms with Crippen LogP contribution in [0.25, 0.3) is 5.69 Å². The maximum Gasteiger partial charge on any atom is 0.187 e. The molecule has 0 atom stereocenters. The van der Waals surface area contributed by atoms with E-state index in [4.69, 9.17) is 0 Å². The van der Waals surface area contributed by atoms with Crippen LogP contribution >= 0.6 is 0 Å². The smallest absolute Gasteiger partial charge is 0.187 e. The third-order valence-electron chi connectivity index (χ3n) is 2.94. The third-order valence-corrected chi connectivity index (χ3v) is 2.94. The number of hydrogen-bond donors (Lipinski definition) is 1. The van der Waals surface area contributed by atoms with Crippen LogP contribution < -0.4 is 5.43 Å². The van der Waals surface area contributed by atoms with Gasteiger partial charge in [-0.1, -0.05) is 18.2 Å². The predicted octanol–water partition coefficient (Wildman–Crippen LogP) is 2.37. The van der Waals surface area contributed by atoms with E-state index in [0.717, 1.165) is 11.4 Å². The van der Waals surface area contributed by atoms with Gasteiger partial charge in [0.2, 0.25) is 0 Å². The molecule has 3 heteroatoms. The van der Waals surface area contributed by atoms with E-state index in [-0.39, 0.29) is 5.43 Å². The van der Waals surface area contributed by atoms with Crippen molar-refractivity contribution in [3.05, 3.63) is 64.1 Å². The second-order valence-corrected chi connectivity index (χ2v) is 4.96. The Kier molecular flexibility index (Phi) is 3.09. The Balaban J connectivity index is 2.67. The van der Waals surface area contributed by atoms with Crippen LogP contribution in [0.5, 0.6) is 0 Å². The van der Waals surface area contributed by atoms with Gasteiger partial charge in [0.15, 0.2) is 5.43 Å². The fraction of sp³-hybridized carbons (Fsp3) is 0.267. The second kappa shape index (κ2) is 4.42. The summed E-state index contributed by atoms with van der Waals surface area (Å²) in [4.78, 5) is 11.9. The van der Waals surface area contributed by atoms with Crippen LogP contribution in [-0.2, 0) is 5.60 Å². The van der Waals surface area contributed by atoms with Gasteiger partial charge in [0.25, 0.3) is 0 Å². The van der Waals surface area contributed by atoms with Crippen molar-refractivity contribution >= 4 is 0 Å². The molecule has 0 bridgehead atoms. The number of aromatic nitrogens is 1. The number of aliphatic hydroxyl groups is 1. The zero-order valence-corrected chi connectivity index (χ0v) is 10.8. The van der Waals surface area contributed by atoms with Crippen molar-refractivity contribution in [2.45, 2.75) is 26.4 Å². The zero-order valence-electron chi connectivity index (χ0n) is 10.8. The number of benzene rings is 1. The van der Waals surface area contributed by atoms with Crippen molar-refractivity contribution in [2.24, 2.45) is 0 Å². The summed E-state index contributed by atoms with van der Waals surface area (Å²) >= 11 is 0. The summed E-state index contributed by atoms with van der Waals surface area (Å²) in [6, 6.07) is 11.3. The highest BCUT2D eigenvalue weighted by Gasteiger charge is 2.20. The van der Waals surface area contributed by atoms with Gasteiger partial charge in [0.05, 0.1) is 5.60 Å². The molecule has 0 aliphatic rings. The van der Waals surface area contributed by atoms with Crippen molar-refractivity contribution in [3.8, 4) is 5.69 Å². The molecule has 2 rings (SSSR count). The first-order valence-corrected chi connectivity index (χ1v) is 5.91. The van der Waals surface area contributed by atoms with Crippen LogP contribution in [0.3, 0.4) is 0 Å². The Morgan fingerprint density at radius 2 is 1.78 bits per heavy atom. The van der Waals surface area contributed by atoms with E-state index < -0.39 is 5.60 Å². The SMILES string of the molecule is Cc1cc(=O)c(C(C)(C)O)cn1-c1ccccc1. The lowest BCUT2D eigenvalue weighted by Crippen LogP contribution is -2.27. The lowest BCUT2D eigenvalue weighted by atomic mass is 9.99. The average Bonchev–Trinajstić information content (AvgIpc) is 2.28. The maximum atomic E-state index is 11.9. The molecule has 3 nitrogen and oxygen atoms in total. The van der Waals surface area contributed by atoms with E-state index in [0.29, 0.717) is 5.56 Å². The summed E-state index contributed by atoms with van der Waals surface area (Å²) in [7, 11) is 0. The summed E-state index contributed by atoms with van der Waals surface area (Å²) in [6.45, 7) is 5.12. The Hall–Kier alpha value is -1.87. The number of rotatable bonds is 2. The monoisotopic (exact) mass is 243 g/mol. The van der Waals surface area contributed by atoms with Gasteiger partial charge >= 0.3 is 0 Å². The quantitative estimate of drug-likeness (QED) is 0.880. The molecule has 0 spiro atoms. The van der Waals surface area contributed by atoms with Gasteiger partial charge in [-0.3, -0.25) is 4.79 Å². The summed E-state index contributed by atoms with van der Waals surface area (Å²) in [5.41, 5.74) is 0.949. The molecule has 0 fully saturated rings. The molecule has 2 aromatic rings. The van der Waals surface area contributed by atoms with E-state index in [1.165, 1.54) is 0 Å². The molecule has 1 N–H and O–H groups in total. The second-order valence-electron chi connectivity index (χ2n) is 4.96. The molecule has 1 aromatic carbocycles. The lowest BCUT2D eigenvalue weighted by Gasteiger charge is -2.20. The molecular weight excluding hydrogens is 226 g/mol. The van der Waals surface area contributed by atoms with Gasteiger partial charge in [0.1, 0.15) is 0 Å². The number of para-hydroxylation sites is 1. The van der Waals surface area contributed by atoms with E-state index in [9.17, 15) is 9.90 Å². The fourth-order valence-corrected chi connectivity index (χ4v) is 1.96. The summed E-state index contributed by atoms with van der Waals surface area (Å²) < 4.78 is 1.91. The molecule has 18 heavy (non-hydrogen) atoms. The maximum absolute atomic E-state index is 11.9. The molecule has 1 aromatic heterocycles. The minimum absolute atomic E-state index is 0.132. The summed E-state index contributed by atoms with van der Waals surface area (Å²) in [6.07, 6.45) is 1.72. The molecule has 0 aliphatic carbocycles. The van der Waals surface area contributed by atoms with Crippen molar-refractivity contribution in [2.75, 3.05) is 0 Å². The van der Waals surface area contributed by atoms with E-state index >= 15 is 0 Å². The van der Waals surface area contributed by atoms with Crippen LogP contribution in [0, 0.1) is 6.92 Å². The predicted molar refractivity (Wildman–Crippen MR) is 72.0 cm³/mol. The molecule has 0 saturated carbocycles. The molecule has 1 heterocycles. The molecule has 0 saturated heterocycles. The van der Waals surface area contributed by atoms with Crippen LogP contribution in [0.2, 0.25) is 0 Å². The highest BCUT2D eigenvalue weighted by atomic mass is 16.3. The van der Waals surface area contributed by atoms with Gasteiger partial charge < -0.3 is 9.67 Å². The minimum Gasteiger partial charge on any atom is -0.386 e. The summed E-state index contributed by atoms with van der Waals surface area (Å²) in [5.74, 6) is 0. The lowest BCUT2D eigenvalue weighted by molar-refractivity contribution is 0.0769. The van der Waals surface area contributed by atoms with Gasteiger partial charge in [-0.15, -0.1) is 0 Å². The minimum atomic E-state index is -1.14. The molecule has 0 aliphatic heterocycles. The van der Waals surface area contributed by atoms with Crippen LogP contribution in [0.1, 0.15) is 25.1 Å². The van der Waals surface area contributed by atoms with Crippen molar-refractivity contribution in [1.29, 1.82) is 0 Å². The number of aryl methyl sites for hydroxylation is 1. The Labute approximate surface area is 106 Å². The van der Waals surface area contributed by atoms with E-state index in [2.05, 4.69) is 0 Å². The Morgan fingerprint density at radius 1 is 1.17 bits per heavy atom. The first-order valence-electron chi connectivity index (χ1n) is 5.91. The van der Waals surface area contributed by atoms with Gasteiger partial charge in [-0.05, 0) is 32.9 Å². The van der Waals surface area contributed by atoms with Crippen molar-refractivity contribution in [3.63, 3.8) is 0 Å². The Morgan fingerprint density at radius 3 is 2.33 bits per heavy atom. The van der Waals surface area contributed by atoms with Gasteiger partial charge in [-0.25, -0.2) is 0 Å². The Bertz CT molecular complexity index is 607. The average molecular weight is 243 g/mol. The molecule has 0 unspecified atom stereocenters. The van der Waals surface area contributed by atoms with E-state index in [1.807, 2.05) is 41.8 Å². The molecule has 0 amide bonds. The van der Waals surface area contributed by atoms with Crippen LogP contribution in [0.4, 0.5) is 0 Å². The van der Waals surface area contributed by atoms with E-state index in [1.54, 1.807) is 26.1 Å². The number of hydrogen-bond acceptors (Lipinski definition) is 2. The van der Waals surface area contributed by atoms with Crippen LogP contribution in [-0.4, -0.2) is 9.67 Å². The normalized spacial score (nSPS) is 11.6. The molecule has 0 radical (unpaired) electrons. The van der Waals surface area contributed by atoms with Crippen molar-refractivity contribution < 1.29 is 5.11 Å². The van der Waals surface area contributed by atoms with Gasteiger partial charge in [0, 0.05) is 29.2 Å². The molecular formula is C15H17NO2. The highest BCUT2D eigenvalue weighted by Crippen LogP contribution is 2.18. The number of nitrogens with zero attached hydrogens (tertiary/aromatic N) is 1. The molecule has 94 valence electrons. The zero-order chi connectivity index (χ0) is 13.3. The number of pyridine rings is 1. The first-order chi connectivity index (χ1) is 8.39. The first kappa shape index (κ1) is 12.6. The third kappa shape index (κ3) is 2.36. The standard InChI is InChI=1S/C15H17NO2/c1-11-9-14(17)13(15(2,3)18)10-16(11)12-7-5-4-6-8-12/h4-10,18H,1-3H3. The highest BCUT2D eigenvalue weighted by molar-refractivity contribution is 5.36. The summed E-state index contributed by atoms with van der Waals surface area (Å²) in [5, 5.41) is 10.0. The van der Waals surface area contributed by atoms with Crippen LogP contribution in [0.15, 0.2) is 47.4 Å². The fourth-order valence-electron chi connectivity index (χ4n) is 1.96.